The molecule has 1 aromatic heterocycles. The topological polar surface area (TPSA) is 52.5 Å². The first-order valence-corrected chi connectivity index (χ1v) is 6.80. The minimum absolute atomic E-state index is 0.315. The van der Waals surface area contributed by atoms with Crippen LogP contribution in [0, 0.1) is 5.82 Å². The fourth-order valence-electron chi connectivity index (χ4n) is 2.85. The molecule has 2 aliphatic rings. The highest BCUT2D eigenvalue weighted by Crippen LogP contribution is 2.30. The van der Waals surface area contributed by atoms with Crippen LogP contribution in [0.15, 0.2) is 6.33 Å². The van der Waals surface area contributed by atoms with Gasteiger partial charge in [-0.15, -0.1) is 0 Å². The van der Waals surface area contributed by atoms with Gasteiger partial charge in [-0.3, -0.25) is 0 Å². The summed E-state index contributed by atoms with van der Waals surface area (Å²) in [6.45, 7) is 4.52. The monoisotopic (exact) mass is 266 g/mol. The third kappa shape index (κ3) is 2.36. The molecule has 2 fully saturated rings. The van der Waals surface area contributed by atoms with E-state index in [4.69, 9.17) is 0 Å². The first-order valence-electron chi connectivity index (χ1n) is 6.80. The predicted octanol–water partition coefficient (Wildman–Crippen LogP) is 1.18. The number of hydrogen-bond acceptors (Lipinski definition) is 5. The lowest BCUT2D eigenvalue weighted by atomic mass is 10.1. The van der Waals surface area contributed by atoms with E-state index in [0.29, 0.717) is 31.1 Å². The Bertz CT molecular complexity index is 474. The number of anilines is 2. The molecular formula is C13H19FN4O. The van der Waals surface area contributed by atoms with Crippen molar-refractivity contribution in [2.24, 2.45) is 0 Å². The van der Waals surface area contributed by atoms with Crippen LogP contribution in [0.4, 0.5) is 16.0 Å². The van der Waals surface area contributed by atoms with E-state index in [1.807, 2.05) is 4.90 Å². The van der Waals surface area contributed by atoms with Crippen LogP contribution in [-0.2, 0) is 0 Å². The Labute approximate surface area is 112 Å². The van der Waals surface area contributed by atoms with E-state index >= 15 is 0 Å². The standard InChI is InChI=1S/C13H19FN4O/c1-13(19)4-7-18(8-13)12-10(14)11(15-9-16-12)17-5-2-3-6-17/h9,19H,2-8H2,1H3. The van der Waals surface area contributed by atoms with Crippen molar-refractivity contribution in [3.63, 3.8) is 0 Å². The zero-order valence-corrected chi connectivity index (χ0v) is 11.1. The highest BCUT2D eigenvalue weighted by Gasteiger charge is 2.34. The SMILES string of the molecule is CC1(O)CCN(c2ncnc(N3CCCC3)c2F)C1. The van der Waals surface area contributed by atoms with E-state index in [1.165, 1.54) is 6.33 Å². The Hall–Kier alpha value is -1.43. The molecule has 0 saturated carbocycles. The average Bonchev–Trinajstić information content (AvgIpc) is 2.99. The zero-order chi connectivity index (χ0) is 13.5. The quantitative estimate of drug-likeness (QED) is 0.871. The Balaban J connectivity index is 1.88. The molecule has 0 aliphatic carbocycles. The summed E-state index contributed by atoms with van der Waals surface area (Å²) in [4.78, 5) is 11.9. The van der Waals surface area contributed by atoms with Crippen molar-refractivity contribution in [3.05, 3.63) is 12.1 Å². The number of aliphatic hydroxyl groups is 1. The number of halogens is 1. The van der Waals surface area contributed by atoms with Gasteiger partial charge in [-0.25, -0.2) is 9.97 Å². The highest BCUT2D eigenvalue weighted by molar-refractivity contribution is 5.53. The summed E-state index contributed by atoms with van der Waals surface area (Å²) in [6.07, 6.45) is 4.21. The zero-order valence-electron chi connectivity index (χ0n) is 11.1. The van der Waals surface area contributed by atoms with Crippen LogP contribution in [0.5, 0.6) is 0 Å². The maximum Gasteiger partial charge on any atom is 0.208 e. The van der Waals surface area contributed by atoms with E-state index in [0.717, 1.165) is 25.9 Å². The summed E-state index contributed by atoms with van der Waals surface area (Å²) in [5, 5.41) is 9.98. The third-order valence-corrected chi connectivity index (χ3v) is 3.91. The lowest BCUT2D eigenvalue weighted by molar-refractivity contribution is 0.0838. The highest BCUT2D eigenvalue weighted by atomic mass is 19.1. The minimum atomic E-state index is -0.759. The Morgan fingerprint density at radius 2 is 1.79 bits per heavy atom. The van der Waals surface area contributed by atoms with E-state index in [1.54, 1.807) is 11.8 Å². The number of aromatic nitrogens is 2. The smallest absolute Gasteiger partial charge is 0.208 e. The summed E-state index contributed by atoms with van der Waals surface area (Å²) in [5.41, 5.74) is -0.759. The summed E-state index contributed by atoms with van der Waals surface area (Å²) in [7, 11) is 0. The van der Waals surface area contributed by atoms with Crippen LogP contribution < -0.4 is 9.80 Å². The molecule has 1 atom stereocenters. The van der Waals surface area contributed by atoms with Crippen LogP contribution in [0.1, 0.15) is 26.2 Å². The second-order valence-corrected chi connectivity index (χ2v) is 5.70. The molecule has 5 nitrogen and oxygen atoms in total. The van der Waals surface area contributed by atoms with Crippen LogP contribution in [0.2, 0.25) is 0 Å². The van der Waals surface area contributed by atoms with E-state index in [9.17, 15) is 9.50 Å². The van der Waals surface area contributed by atoms with Crippen molar-refractivity contribution in [1.29, 1.82) is 0 Å². The fourth-order valence-corrected chi connectivity index (χ4v) is 2.85. The summed E-state index contributed by atoms with van der Waals surface area (Å²) >= 11 is 0. The number of nitrogens with zero attached hydrogens (tertiary/aromatic N) is 4. The predicted molar refractivity (Wildman–Crippen MR) is 70.9 cm³/mol. The Morgan fingerprint density at radius 1 is 1.16 bits per heavy atom. The molecule has 6 heteroatoms. The molecule has 2 aliphatic heterocycles. The molecule has 19 heavy (non-hydrogen) atoms. The molecule has 0 radical (unpaired) electrons. The molecule has 3 heterocycles. The van der Waals surface area contributed by atoms with E-state index < -0.39 is 5.60 Å². The summed E-state index contributed by atoms with van der Waals surface area (Å²) in [6, 6.07) is 0. The Morgan fingerprint density at radius 3 is 2.37 bits per heavy atom. The van der Waals surface area contributed by atoms with Gasteiger partial charge in [0.05, 0.1) is 5.60 Å². The number of rotatable bonds is 2. The van der Waals surface area contributed by atoms with Crippen molar-refractivity contribution in [1.82, 2.24) is 9.97 Å². The lowest BCUT2D eigenvalue weighted by Crippen LogP contribution is -2.31. The molecular weight excluding hydrogens is 247 g/mol. The molecule has 1 unspecified atom stereocenters. The van der Waals surface area contributed by atoms with Gasteiger partial charge in [-0.2, -0.15) is 4.39 Å². The first kappa shape index (κ1) is 12.6. The van der Waals surface area contributed by atoms with Gasteiger partial charge >= 0.3 is 0 Å². The maximum atomic E-state index is 14.5. The summed E-state index contributed by atoms with van der Waals surface area (Å²) in [5.74, 6) is 0.353. The van der Waals surface area contributed by atoms with Crippen molar-refractivity contribution in [2.45, 2.75) is 31.8 Å². The summed E-state index contributed by atoms with van der Waals surface area (Å²) < 4.78 is 14.5. The molecule has 0 bridgehead atoms. The van der Waals surface area contributed by atoms with Crippen LogP contribution >= 0.6 is 0 Å². The van der Waals surface area contributed by atoms with Crippen LogP contribution in [-0.4, -0.2) is 46.9 Å². The lowest BCUT2D eigenvalue weighted by Gasteiger charge is -2.23. The van der Waals surface area contributed by atoms with Gasteiger partial charge < -0.3 is 14.9 Å². The largest absolute Gasteiger partial charge is 0.388 e. The molecule has 0 aromatic carbocycles. The molecule has 104 valence electrons. The van der Waals surface area contributed by atoms with Gasteiger partial charge in [0.1, 0.15) is 6.33 Å². The van der Waals surface area contributed by atoms with Gasteiger partial charge in [0.2, 0.25) is 5.82 Å². The normalized spacial score (nSPS) is 27.3. The molecule has 2 saturated heterocycles. The average molecular weight is 266 g/mol. The molecule has 1 N–H and O–H groups in total. The van der Waals surface area contributed by atoms with Gasteiger partial charge in [0.15, 0.2) is 11.6 Å². The first-order chi connectivity index (χ1) is 9.07. The number of hydrogen-bond donors (Lipinski definition) is 1. The van der Waals surface area contributed by atoms with Crippen molar-refractivity contribution < 1.29 is 9.50 Å². The third-order valence-electron chi connectivity index (χ3n) is 3.91. The number of β-amino-alcohol motifs (C(OH)–C–C–N with tert-alkyl or cyclic N) is 1. The van der Waals surface area contributed by atoms with Crippen LogP contribution in [0.25, 0.3) is 0 Å². The van der Waals surface area contributed by atoms with Gasteiger partial charge in [0.25, 0.3) is 0 Å². The van der Waals surface area contributed by atoms with Gasteiger partial charge in [0, 0.05) is 26.2 Å². The minimum Gasteiger partial charge on any atom is -0.388 e. The Kier molecular flexibility index (Phi) is 3.05. The van der Waals surface area contributed by atoms with Crippen molar-refractivity contribution in [3.8, 4) is 0 Å². The molecule has 3 rings (SSSR count). The maximum absolute atomic E-state index is 14.5. The van der Waals surface area contributed by atoms with Gasteiger partial charge in [-0.05, 0) is 26.2 Å². The molecule has 1 aromatic rings. The van der Waals surface area contributed by atoms with Crippen LogP contribution in [0.3, 0.4) is 0 Å². The molecule has 0 amide bonds. The van der Waals surface area contributed by atoms with Gasteiger partial charge in [-0.1, -0.05) is 0 Å². The fraction of sp³-hybridized carbons (Fsp3) is 0.692. The van der Waals surface area contributed by atoms with E-state index in [-0.39, 0.29) is 5.82 Å². The second kappa shape index (κ2) is 4.59. The second-order valence-electron chi connectivity index (χ2n) is 5.70. The van der Waals surface area contributed by atoms with Crippen molar-refractivity contribution >= 4 is 11.6 Å². The van der Waals surface area contributed by atoms with Crippen molar-refractivity contribution in [2.75, 3.05) is 36.0 Å². The van der Waals surface area contributed by atoms with E-state index in [2.05, 4.69) is 9.97 Å². The molecule has 0 spiro atoms.